The minimum atomic E-state index is -0.594. The summed E-state index contributed by atoms with van der Waals surface area (Å²) in [5.74, 6) is -0.356. The molecule has 0 atom stereocenters. The number of nitrogens with one attached hydrogen (secondary N) is 1. The Labute approximate surface area is 176 Å². The molecular formula is C25H25NO4. The predicted molar refractivity (Wildman–Crippen MR) is 117 cm³/mol. The fourth-order valence-electron chi connectivity index (χ4n) is 2.99. The molecule has 5 heteroatoms. The van der Waals surface area contributed by atoms with Crippen molar-refractivity contribution >= 4 is 17.6 Å². The molecule has 0 fully saturated rings. The molecule has 3 aromatic rings. The number of hydrogen-bond donors (Lipinski definition) is 1. The van der Waals surface area contributed by atoms with Crippen LogP contribution in [0.15, 0.2) is 72.8 Å². The maximum Gasteiger partial charge on any atom is 0.344 e. The van der Waals surface area contributed by atoms with Crippen LogP contribution in [0.25, 0.3) is 0 Å². The van der Waals surface area contributed by atoms with Crippen LogP contribution in [0.3, 0.4) is 0 Å². The lowest BCUT2D eigenvalue weighted by atomic mass is 10.0. The number of carbonyl (C=O) groups excluding carboxylic acids is 2. The van der Waals surface area contributed by atoms with Gasteiger partial charge in [-0.2, -0.15) is 0 Å². The van der Waals surface area contributed by atoms with Gasteiger partial charge in [0.2, 0.25) is 0 Å². The first-order valence-corrected chi connectivity index (χ1v) is 9.78. The Morgan fingerprint density at radius 3 is 2.40 bits per heavy atom. The zero-order chi connectivity index (χ0) is 21.3. The van der Waals surface area contributed by atoms with Crippen molar-refractivity contribution in [1.82, 2.24) is 0 Å². The van der Waals surface area contributed by atoms with Gasteiger partial charge >= 0.3 is 5.97 Å². The predicted octanol–water partition coefficient (Wildman–Crippen LogP) is 4.45. The Kier molecular flexibility index (Phi) is 7.22. The number of esters is 1. The second-order valence-electron chi connectivity index (χ2n) is 7.09. The molecule has 0 aliphatic carbocycles. The number of benzene rings is 3. The van der Waals surface area contributed by atoms with Crippen LogP contribution in [-0.2, 0) is 20.7 Å². The van der Waals surface area contributed by atoms with Crippen LogP contribution in [0.1, 0.15) is 22.3 Å². The summed E-state index contributed by atoms with van der Waals surface area (Å²) >= 11 is 0. The fourth-order valence-corrected chi connectivity index (χ4v) is 2.99. The number of ether oxygens (including phenoxy) is 2. The Balaban J connectivity index is 1.50. The summed E-state index contributed by atoms with van der Waals surface area (Å²) in [6.07, 6.45) is 0.695. The van der Waals surface area contributed by atoms with Gasteiger partial charge in [-0.3, -0.25) is 4.79 Å². The van der Waals surface area contributed by atoms with Gasteiger partial charge in [0.15, 0.2) is 13.2 Å². The summed E-state index contributed by atoms with van der Waals surface area (Å²) < 4.78 is 10.6. The molecule has 0 saturated carbocycles. The third-order valence-electron chi connectivity index (χ3n) is 4.58. The maximum atomic E-state index is 12.3. The largest absolute Gasteiger partial charge is 0.482 e. The van der Waals surface area contributed by atoms with Crippen molar-refractivity contribution in [2.75, 3.05) is 18.5 Å². The van der Waals surface area contributed by atoms with E-state index in [4.69, 9.17) is 9.47 Å². The number of rotatable bonds is 8. The highest BCUT2D eigenvalue weighted by Crippen LogP contribution is 2.20. The van der Waals surface area contributed by atoms with Crippen molar-refractivity contribution < 1.29 is 19.1 Å². The molecule has 0 aliphatic heterocycles. The van der Waals surface area contributed by atoms with Gasteiger partial charge in [0, 0.05) is 5.69 Å². The fraction of sp³-hybridized carbons (Fsp3) is 0.200. The quantitative estimate of drug-likeness (QED) is 0.564. The van der Waals surface area contributed by atoms with Crippen molar-refractivity contribution in [3.8, 4) is 5.75 Å². The van der Waals surface area contributed by atoms with E-state index in [-0.39, 0.29) is 13.2 Å². The number of hydrogen-bond acceptors (Lipinski definition) is 4. The van der Waals surface area contributed by atoms with Crippen LogP contribution < -0.4 is 10.1 Å². The number of para-hydroxylation sites is 1. The first-order valence-electron chi connectivity index (χ1n) is 9.78. The van der Waals surface area contributed by atoms with Gasteiger partial charge < -0.3 is 14.8 Å². The Morgan fingerprint density at radius 2 is 1.60 bits per heavy atom. The van der Waals surface area contributed by atoms with Gasteiger partial charge in [0.1, 0.15) is 5.75 Å². The molecule has 3 aromatic carbocycles. The summed E-state index contributed by atoms with van der Waals surface area (Å²) in [6.45, 7) is 3.24. The molecule has 0 saturated heterocycles. The van der Waals surface area contributed by atoms with E-state index in [2.05, 4.69) is 5.32 Å². The van der Waals surface area contributed by atoms with E-state index in [1.54, 1.807) is 0 Å². The number of aryl methyl sites for hydroxylation is 2. The molecule has 0 heterocycles. The molecule has 0 unspecified atom stereocenters. The van der Waals surface area contributed by atoms with E-state index >= 15 is 0 Å². The standard InChI is InChI=1S/C25H25NO4/c1-18-12-13-19(2)23(14-18)29-17-25(28)30-16-24(27)26-22-11-7-6-10-21(22)15-20-8-4-3-5-9-20/h3-14H,15-17H2,1-2H3,(H,26,27). The molecule has 0 aromatic heterocycles. The van der Waals surface area contributed by atoms with Crippen molar-refractivity contribution in [2.45, 2.75) is 20.3 Å². The highest BCUT2D eigenvalue weighted by atomic mass is 16.6. The van der Waals surface area contributed by atoms with Gasteiger partial charge in [-0.05, 0) is 54.7 Å². The monoisotopic (exact) mass is 403 g/mol. The number of anilines is 1. The summed E-state index contributed by atoms with van der Waals surface area (Å²) in [6, 6.07) is 23.4. The van der Waals surface area contributed by atoms with Crippen LogP contribution in [0.5, 0.6) is 5.75 Å². The van der Waals surface area contributed by atoms with Crippen LogP contribution in [-0.4, -0.2) is 25.1 Å². The molecule has 1 N–H and O–H groups in total. The summed E-state index contributed by atoms with van der Waals surface area (Å²) in [5.41, 5.74) is 4.81. The summed E-state index contributed by atoms with van der Waals surface area (Å²) in [4.78, 5) is 24.2. The van der Waals surface area contributed by atoms with E-state index < -0.39 is 11.9 Å². The van der Waals surface area contributed by atoms with E-state index in [1.807, 2.05) is 86.6 Å². The molecule has 30 heavy (non-hydrogen) atoms. The van der Waals surface area contributed by atoms with Crippen molar-refractivity contribution in [3.05, 3.63) is 95.1 Å². The highest BCUT2D eigenvalue weighted by Gasteiger charge is 2.11. The van der Waals surface area contributed by atoms with Gasteiger partial charge in [-0.15, -0.1) is 0 Å². The normalized spacial score (nSPS) is 10.3. The first-order chi connectivity index (χ1) is 14.5. The topological polar surface area (TPSA) is 64.6 Å². The van der Waals surface area contributed by atoms with Crippen LogP contribution >= 0.6 is 0 Å². The van der Waals surface area contributed by atoms with Crippen molar-refractivity contribution in [2.24, 2.45) is 0 Å². The third kappa shape index (κ3) is 6.21. The maximum absolute atomic E-state index is 12.3. The third-order valence-corrected chi connectivity index (χ3v) is 4.58. The molecule has 5 nitrogen and oxygen atoms in total. The zero-order valence-corrected chi connectivity index (χ0v) is 17.2. The summed E-state index contributed by atoms with van der Waals surface area (Å²) in [7, 11) is 0. The summed E-state index contributed by atoms with van der Waals surface area (Å²) in [5, 5.41) is 2.82. The van der Waals surface area contributed by atoms with Gasteiger partial charge in [0.25, 0.3) is 5.91 Å². The van der Waals surface area contributed by atoms with E-state index in [9.17, 15) is 9.59 Å². The second kappa shape index (κ2) is 10.3. The Morgan fingerprint density at radius 1 is 0.867 bits per heavy atom. The van der Waals surface area contributed by atoms with Crippen LogP contribution in [0.4, 0.5) is 5.69 Å². The molecule has 1 amide bonds. The molecule has 0 spiro atoms. The lowest BCUT2D eigenvalue weighted by molar-refractivity contribution is -0.149. The Hall–Kier alpha value is -3.60. The average Bonchev–Trinajstić information content (AvgIpc) is 2.75. The molecule has 0 aliphatic rings. The van der Waals surface area contributed by atoms with Gasteiger partial charge in [-0.25, -0.2) is 4.79 Å². The van der Waals surface area contributed by atoms with Crippen molar-refractivity contribution in [3.63, 3.8) is 0 Å². The number of carbonyl (C=O) groups is 2. The van der Waals surface area contributed by atoms with E-state index in [0.29, 0.717) is 17.9 Å². The lowest BCUT2D eigenvalue weighted by Crippen LogP contribution is -2.24. The minimum Gasteiger partial charge on any atom is -0.482 e. The molecule has 0 bridgehead atoms. The number of amides is 1. The van der Waals surface area contributed by atoms with E-state index in [0.717, 1.165) is 22.3 Å². The Bertz CT molecular complexity index is 1010. The smallest absolute Gasteiger partial charge is 0.344 e. The minimum absolute atomic E-state index is 0.248. The SMILES string of the molecule is Cc1ccc(C)c(OCC(=O)OCC(=O)Nc2ccccc2Cc2ccccc2)c1. The lowest BCUT2D eigenvalue weighted by Gasteiger charge is -2.12. The molecule has 0 radical (unpaired) electrons. The van der Waals surface area contributed by atoms with Gasteiger partial charge in [0.05, 0.1) is 0 Å². The highest BCUT2D eigenvalue weighted by molar-refractivity contribution is 5.93. The molecule has 3 rings (SSSR count). The van der Waals surface area contributed by atoms with Crippen LogP contribution in [0, 0.1) is 13.8 Å². The molecule has 154 valence electrons. The molecular weight excluding hydrogens is 378 g/mol. The average molecular weight is 403 g/mol. The van der Waals surface area contributed by atoms with Crippen LogP contribution in [0.2, 0.25) is 0 Å². The zero-order valence-electron chi connectivity index (χ0n) is 17.2. The first kappa shape index (κ1) is 21.1. The van der Waals surface area contributed by atoms with Gasteiger partial charge in [-0.1, -0.05) is 60.7 Å². The van der Waals surface area contributed by atoms with Crippen molar-refractivity contribution in [1.29, 1.82) is 0 Å². The van der Waals surface area contributed by atoms with E-state index in [1.165, 1.54) is 0 Å². The second-order valence-corrected chi connectivity index (χ2v) is 7.09.